The first-order valence-electron chi connectivity index (χ1n) is 8.20. The molecule has 0 saturated heterocycles. The van der Waals surface area contributed by atoms with Crippen LogP contribution in [0.1, 0.15) is 50.1 Å². The van der Waals surface area contributed by atoms with Gasteiger partial charge in [0, 0.05) is 43.4 Å². The topological polar surface area (TPSA) is 51.3 Å². The van der Waals surface area contributed by atoms with E-state index < -0.39 is 0 Å². The van der Waals surface area contributed by atoms with E-state index >= 15 is 0 Å². The molecule has 1 aromatic carbocycles. The van der Waals surface area contributed by atoms with Crippen LogP contribution in [0, 0.1) is 44.1 Å². The molecule has 1 aromatic heterocycles. The van der Waals surface area contributed by atoms with Gasteiger partial charge in [0.2, 0.25) is 0 Å². The summed E-state index contributed by atoms with van der Waals surface area (Å²) in [6, 6.07) is 13.1. The van der Waals surface area contributed by atoms with Crippen LogP contribution in [-0.4, -0.2) is 17.2 Å². The minimum absolute atomic E-state index is 0. The van der Waals surface area contributed by atoms with Crippen molar-refractivity contribution in [1.82, 2.24) is 4.98 Å². The zero-order valence-corrected chi connectivity index (χ0v) is 19.4. The fraction of sp³-hybridized carbons (Fsp3) is 0.300. The third kappa shape index (κ3) is 5.62. The molecule has 0 spiro atoms. The average molecular weight is 546 g/mol. The second-order valence-corrected chi connectivity index (χ2v) is 4.53. The Morgan fingerprint density at radius 3 is 2.25 bits per heavy atom. The van der Waals surface area contributed by atoms with Crippen molar-refractivity contribution in [1.29, 1.82) is 0 Å². The Balaban J connectivity index is 0.000000987. The molecule has 126 valence electrons. The molecule has 0 radical (unpaired) electrons. The van der Waals surface area contributed by atoms with Gasteiger partial charge in [-0.15, -0.1) is 5.56 Å². The maximum Gasteiger partial charge on any atom is 0.0460 e. The number of nitrogens with zero attached hydrogens (tertiary/aromatic N) is 2. The van der Waals surface area contributed by atoms with E-state index in [1.54, 1.807) is 0 Å². The van der Waals surface area contributed by atoms with Crippen LogP contribution < -0.4 is 5.73 Å². The second-order valence-electron chi connectivity index (χ2n) is 4.53. The summed E-state index contributed by atoms with van der Waals surface area (Å²) in [4.78, 5) is 9.00. The van der Waals surface area contributed by atoms with Gasteiger partial charge in [0.15, 0.2) is 0 Å². The fourth-order valence-corrected chi connectivity index (χ4v) is 2.13. The van der Waals surface area contributed by atoms with Crippen molar-refractivity contribution < 1.29 is 31.1 Å². The fourth-order valence-electron chi connectivity index (χ4n) is 2.13. The minimum Gasteiger partial charge on any atom is -0.398 e. The van der Waals surface area contributed by atoms with Gasteiger partial charge in [-0.2, -0.15) is 12.1 Å². The number of pyridine rings is 1. The number of aryl methyl sites for hydroxylation is 1. The van der Waals surface area contributed by atoms with Crippen molar-refractivity contribution >= 4 is 11.4 Å². The molecule has 0 fully saturated rings. The molecule has 1 aliphatic heterocycles. The molecule has 0 saturated carbocycles. The third-order valence-corrected chi connectivity index (χ3v) is 3.11. The summed E-state index contributed by atoms with van der Waals surface area (Å²) in [5.41, 5.74) is 11.6. The predicted molar refractivity (Wildman–Crippen MR) is 99.6 cm³/mol. The monoisotopic (exact) mass is 546 g/mol. The van der Waals surface area contributed by atoms with E-state index in [9.17, 15) is 0 Å². The molecule has 1 aliphatic rings. The molecule has 3 rings (SSSR count). The molecule has 24 heavy (non-hydrogen) atoms. The number of aliphatic imine (C=N–C) groups is 1. The van der Waals surface area contributed by atoms with Crippen LogP contribution in [-0.2, 0) is 0 Å². The molecule has 2 N–H and O–H groups in total. The molecule has 2 aromatic rings. The van der Waals surface area contributed by atoms with E-state index in [0.29, 0.717) is 6.54 Å². The molecule has 4 heteroatoms. The molecular weight excluding hydrogens is 520 g/mol. The summed E-state index contributed by atoms with van der Waals surface area (Å²) < 4.78 is 0. The summed E-state index contributed by atoms with van der Waals surface area (Å²) in [5.74, 6) is 0. The van der Waals surface area contributed by atoms with Crippen molar-refractivity contribution in [2.45, 2.75) is 34.6 Å². The Morgan fingerprint density at radius 2 is 1.67 bits per heavy atom. The van der Waals surface area contributed by atoms with Crippen LogP contribution >= 0.6 is 0 Å². The second kappa shape index (κ2) is 12.1. The van der Waals surface area contributed by atoms with Gasteiger partial charge >= 0.3 is 0 Å². The van der Waals surface area contributed by atoms with E-state index in [1.807, 2.05) is 77.2 Å². The molecule has 2 heterocycles. The van der Waals surface area contributed by atoms with Gasteiger partial charge in [0.1, 0.15) is 0 Å². The molecular formula is C20H26N3U-. The van der Waals surface area contributed by atoms with Crippen LogP contribution in [0.2, 0.25) is 0 Å². The third-order valence-electron chi connectivity index (χ3n) is 3.11. The van der Waals surface area contributed by atoms with Crippen LogP contribution in [0.5, 0.6) is 0 Å². The van der Waals surface area contributed by atoms with E-state index in [4.69, 9.17) is 5.73 Å². The Labute approximate surface area is 169 Å². The number of hydrogen-bond donors (Lipinski definition) is 1. The predicted octanol–water partition coefficient (Wildman–Crippen LogP) is 4.39. The van der Waals surface area contributed by atoms with Crippen LogP contribution in [0.3, 0.4) is 0 Å². The van der Waals surface area contributed by atoms with Gasteiger partial charge in [0.05, 0.1) is 0 Å². The van der Waals surface area contributed by atoms with Crippen molar-refractivity contribution in [3.05, 3.63) is 71.1 Å². The summed E-state index contributed by atoms with van der Waals surface area (Å²) in [6.07, 6.45) is 3.76. The van der Waals surface area contributed by atoms with E-state index in [1.165, 1.54) is 0 Å². The summed E-state index contributed by atoms with van der Waals surface area (Å²) in [7, 11) is 0. The zero-order chi connectivity index (χ0) is 17.2. The molecule has 0 bridgehead atoms. The number of benzene rings is 1. The number of aromatic nitrogens is 1. The van der Waals surface area contributed by atoms with E-state index in [2.05, 4.69) is 16.0 Å². The average Bonchev–Trinajstić information content (AvgIpc) is 2.79. The summed E-state index contributed by atoms with van der Waals surface area (Å²) in [6.45, 7) is 10.6. The van der Waals surface area contributed by atoms with Gasteiger partial charge < -0.3 is 10.7 Å². The van der Waals surface area contributed by atoms with Gasteiger partial charge in [-0.05, 0) is 34.8 Å². The number of rotatable bonds is 1. The van der Waals surface area contributed by atoms with Gasteiger partial charge in [-0.25, -0.2) is 0 Å². The number of nitrogens with two attached hydrogens (primary N) is 1. The molecule has 3 nitrogen and oxygen atoms in total. The van der Waals surface area contributed by atoms with Crippen LogP contribution in [0.4, 0.5) is 0 Å². The Morgan fingerprint density at radius 1 is 1.04 bits per heavy atom. The quantitative estimate of drug-likeness (QED) is 0.540. The van der Waals surface area contributed by atoms with E-state index in [0.717, 1.165) is 33.8 Å². The maximum atomic E-state index is 6.07. The van der Waals surface area contributed by atoms with Gasteiger partial charge in [-0.3, -0.25) is 4.98 Å². The van der Waals surface area contributed by atoms with Crippen LogP contribution in [0.25, 0.3) is 5.70 Å². The van der Waals surface area contributed by atoms with Crippen molar-refractivity contribution in [2.24, 2.45) is 10.7 Å². The largest absolute Gasteiger partial charge is 0.398 e. The van der Waals surface area contributed by atoms with Gasteiger partial charge in [-0.1, -0.05) is 58.9 Å². The van der Waals surface area contributed by atoms with Gasteiger partial charge in [0.25, 0.3) is 0 Å². The first-order chi connectivity index (χ1) is 11.3. The van der Waals surface area contributed by atoms with Crippen LogP contribution in [0.15, 0.2) is 47.6 Å². The molecule has 0 amide bonds. The number of hydrogen-bond acceptors (Lipinski definition) is 3. The minimum atomic E-state index is 0. The molecule has 0 unspecified atom stereocenters. The standard InChI is InChI=1S/C16H14N3.2C2H6.U/c1-11-6-7-15(19-10-11)16-13-5-3-2-4-12(13)14(17)8-9-18-16;2*1-2;/h2-6,8,10H,9,17H2,1H3;2*1-2H3;/q-1;;;. The first kappa shape index (κ1) is 22.6. The zero-order valence-electron chi connectivity index (χ0n) is 15.2. The normalized spacial score (nSPS) is 11.7. The Bertz CT molecular complexity index is 674. The Kier molecular flexibility index (Phi) is 11.4. The van der Waals surface area contributed by atoms with Crippen molar-refractivity contribution in [3.63, 3.8) is 0 Å². The Hall–Kier alpha value is -1.37. The smallest absolute Gasteiger partial charge is 0.0460 e. The van der Waals surface area contributed by atoms with E-state index in [-0.39, 0.29) is 31.1 Å². The first-order valence-corrected chi connectivity index (χ1v) is 8.20. The molecule has 0 atom stereocenters. The summed E-state index contributed by atoms with van der Waals surface area (Å²) >= 11 is 0. The SMILES string of the molecule is CC.CC.Cc1c[c-]c(C2=NCC=C(N)c3ccccc32)nc1.[U]. The maximum absolute atomic E-state index is 6.07. The molecule has 0 aliphatic carbocycles. The van der Waals surface area contributed by atoms with Crippen molar-refractivity contribution in [2.75, 3.05) is 6.54 Å². The van der Waals surface area contributed by atoms with Crippen molar-refractivity contribution in [3.8, 4) is 0 Å². The number of fused-ring (bicyclic) bond motifs is 1. The summed E-state index contributed by atoms with van der Waals surface area (Å²) in [5, 5.41) is 0.